The highest BCUT2D eigenvalue weighted by molar-refractivity contribution is 5.76. The lowest BCUT2D eigenvalue weighted by molar-refractivity contribution is -0.130. The molecule has 5 heteroatoms. The number of imidazole rings is 1. The van der Waals surface area contributed by atoms with Gasteiger partial charge >= 0.3 is 0 Å². The van der Waals surface area contributed by atoms with Crippen LogP contribution in [0.4, 0.5) is 0 Å². The minimum absolute atomic E-state index is 0.261. The first kappa shape index (κ1) is 12.1. The van der Waals surface area contributed by atoms with Crippen LogP contribution in [0.2, 0.25) is 0 Å². The third-order valence-corrected chi connectivity index (χ3v) is 3.27. The zero-order valence-corrected chi connectivity index (χ0v) is 10.3. The summed E-state index contributed by atoms with van der Waals surface area (Å²) >= 11 is 0. The number of nitrogens with zero attached hydrogens (tertiary/aromatic N) is 3. The van der Waals surface area contributed by atoms with Gasteiger partial charge in [0.2, 0.25) is 5.91 Å². The van der Waals surface area contributed by atoms with Gasteiger partial charge in [-0.05, 0) is 25.9 Å². The number of rotatable bonds is 5. The maximum atomic E-state index is 12.0. The minimum Gasteiger partial charge on any atom is -0.342 e. The van der Waals surface area contributed by atoms with Gasteiger partial charge in [-0.15, -0.1) is 0 Å². The molecule has 94 valence electrons. The number of hydrogen-bond donors (Lipinski definition) is 1. The lowest BCUT2D eigenvalue weighted by Gasteiger charge is -2.16. The maximum Gasteiger partial charge on any atom is 0.224 e. The Morgan fingerprint density at radius 3 is 3.18 bits per heavy atom. The van der Waals surface area contributed by atoms with Crippen LogP contribution in [0.3, 0.4) is 0 Å². The molecule has 1 aromatic rings. The van der Waals surface area contributed by atoms with Crippen LogP contribution >= 0.6 is 0 Å². The minimum atomic E-state index is 0.261. The van der Waals surface area contributed by atoms with Crippen molar-refractivity contribution in [3.63, 3.8) is 0 Å². The highest BCUT2D eigenvalue weighted by Crippen LogP contribution is 2.16. The van der Waals surface area contributed by atoms with Crippen molar-refractivity contribution in [1.29, 1.82) is 0 Å². The predicted octanol–water partition coefficient (Wildman–Crippen LogP) is 0.341. The van der Waals surface area contributed by atoms with Gasteiger partial charge in [-0.1, -0.05) is 0 Å². The molecule has 1 unspecified atom stereocenters. The number of carbonyl (C=O) groups excluding carboxylic acids is 1. The molecule has 2 heterocycles. The van der Waals surface area contributed by atoms with Crippen LogP contribution in [0.5, 0.6) is 0 Å². The van der Waals surface area contributed by atoms with Crippen LogP contribution in [0.1, 0.15) is 12.8 Å². The molecule has 1 amide bonds. The van der Waals surface area contributed by atoms with Gasteiger partial charge < -0.3 is 14.8 Å². The van der Waals surface area contributed by atoms with E-state index in [-0.39, 0.29) is 5.91 Å². The van der Waals surface area contributed by atoms with E-state index in [0.29, 0.717) is 12.3 Å². The molecule has 0 bridgehead atoms. The Bertz CT molecular complexity index is 349. The van der Waals surface area contributed by atoms with Crippen molar-refractivity contribution >= 4 is 5.91 Å². The molecule has 0 saturated carbocycles. The molecule has 17 heavy (non-hydrogen) atoms. The molecule has 2 rings (SSSR count). The van der Waals surface area contributed by atoms with Crippen molar-refractivity contribution in [1.82, 2.24) is 19.8 Å². The van der Waals surface area contributed by atoms with E-state index in [0.717, 1.165) is 32.6 Å². The van der Waals surface area contributed by atoms with Gasteiger partial charge in [0.25, 0.3) is 0 Å². The van der Waals surface area contributed by atoms with E-state index in [1.807, 2.05) is 22.7 Å². The molecular weight excluding hydrogens is 216 g/mol. The Hall–Kier alpha value is -1.36. The van der Waals surface area contributed by atoms with Crippen LogP contribution in [0.15, 0.2) is 18.7 Å². The normalized spacial score (nSPS) is 19.8. The average molecular weight is 236 g/mol. The molecule has 5 nitrogen and oxygen atoms in total. The van der Waals surface area contributed by atoms with Gasteiger partial charge in [-0.2, -0.15) is 0 Å². The molecule has 0 aromatic carbocycles. The molecule has 1 saturated heterocycles. The Kier molecular flexibility index (Phi) is 4.14. The third kappa shape index (κ3) is 3.30. The second kappa shape index (κ2) is 5.82. The van der Waals surface area contributed by atoms with Crippen LogP contribution in [-0.4, -0.2) is 47.0 Å². The number of carbonyl (C=O) groups is 1. The van der Waals surface area contributed by atoms with Crippen LogP contribution in [0.25, 0.3) is 0 Å². The van der Waals surface area contributed by atoms with Crippen LogP contribution < -0.4 is 5.32 Å². The van der Waals surface area contributed by atoms with Gasteiger partial charge in [0, 0.05) is 38.4 Å². The van der Waals surface area contributed by atoms with Crippen molar-refractivity contribution in [3.05, 3.63) is 18.7 Å². The molecule has 0 spiro atoms. The zero-order chi connectivity index (χ0) is 12.1. The van der Waals surface area contributed by atoms with E-state index in [1.165, 1.54) is 0 Å². The molecular formula is C12H20N4O. The summed E-state index contributed by atoms with van der Waals surface area (Å²) in [5.74, 6) is 0.884. The molecule has 0 radical (unpaired) electrons. The second-order valence-corrected chi connectivity index (χ2v) is 4.60. The maximum absolute atomic E-state index is 12.0. The lowest BCUT2D eigenvalue weighted by atomic mass is 10.1. The fourth-order valence-electron chi connectivity index (χ4n) is 2.32. The molecule has 1 aromatic heterocycles. The van der Waals surface area contributed by atoms with E-state index in [9.17, 15) is 4.79 Å². The summed E-state index contributed by atoms with van der Waals surface area (Å²) < 4.78 is 1.94. The zero-order valence-electron chi connectivity index (χ0n) is 10.3. The van der Waals surface area contributed by atoms with Crippen molar-refractivity contribution in [2.75, 3.05) is 26.7 Å². The van der Waals surface area contributed by atoms with E-state index >= 15 is 0 Å². The molecule has 0 aliphatic carbocycles. The average Bonchev–Trinajstić information content (AvgIpc) is 2.97. The fraction of sp³-hybridized carbons (Fsp3) is 0.667. The SMILES string of the molecule is CNCC1CCN(C(=O)CCn2ccnc2)C1. The number of aryl methyl sites for hydroxylation is 1. The molecule has 1 N–H and O–H groups in total. The Morgan fingerprint density at radius 2 is 2.47 bits per heavy atom. The van der Waals surface area contributed by atoms with Gasteiger partial charge in [0.1, 0.15) is 0 Å². The number of amides is 1. The number of likely N-dealkylation sites (tertiary alicyclic amines) is 1. The Morgan fingerprint density at radius 1 is 1.59 bits per heavy atom. The highest BCUT2D eigenvalue weighted by Gasteiger charge is 2.25. The van der Waals surface area contributed by atoms with E-state index < -0.39 is 0 Å². The first-order chi connectivity index (χ1) is 8.29. The lowest BCUT2D eigenvalue weighted by Crippen LogP contribution is -2.30. The van der Waals surface area contributed by atoms with E-state index in [4.69, 9.17) is 0 Å². The standard InChI is InChI=1S/C12H20N4O/c1-13-8-11-2-6-16(9-11)12(17)3-5-15-7-4-14-10-15/h4,7,10-11,13H,2-3,5-6,8-9H2,1H3. The van der Waals surface area contributed by atoms with Crippen LogP contribution in [0, 0.1) is 5.92 Å². The first-order valence-electron chi connectivity index (χ1n) is 6.17. The van der Waals surface area contributed by atoms with Crippen molar-refractivity contribution in [2.45, 2.75) is 19.4 Å². The van der Waals surface area contributed by atoms with E-state index in [1.54, 1.807) is 12.5 Å². The van der Waals surface area contributed by atoms with E-state index in [2.05, 4.69) is 10.3 Å². The Balaban J connectivity index is 1.73. The summed E-state index contributed by atoms with van der Waals surface area (Å²) in [4.78, 5) is 17.9. The van der Waals surface area contributed by atoms with Crippen LogP contribution in [-0.2, 0) is 11.3 Å². The highest BCUT2D eigenvalue weighted by atomic mass is 16.2. The summed E-state index contributed by atoms with van der Waals surface area (Å²) in [5.41, 5.74) is 0. The second-order valence-electron chi connectivity index (χ2n) is 4.60. The summed E-state index contributed by atoms with van der Waals surface area (Å²) in [6.07, 6.45) is 7.08. The molecule has 1 aliphatic rings. The van der Waals surface area contributed by atoms with Crippen molar-refractivity contribution in [2.24, 2.45) is 5.92 Å². The Labute approximate surface area is 102 Å². The largest absolute Gasteiger partial charge is 0.342 e. The summed E-state index contributed by atoms with van der Waals surface area (Å²) in [6, 6.07) is 0. The number of aromatic nitrogens is 2. The van der Waals surface area contributed by atoms with Gasteiger partial charge in [-0.3, -0.25) is 4.79 Å². The fourth-order valence-corrected chi connectivity index (χ4v) is 2.32. The smallest absolute Gasteiger partial charge is 0.224 e. The first-order valence-corrected chi connectivity index (χ1v) is 6.17. The molecule has 1 aliphatic heterocycles. The molecule has 1 fully saturated rings. The van der Waals surface area contributed by atoms with Crippen molar-refractivity contribution in [3.8, 4) is 0 Å². The van der Waals surface area contributed by atoms with Crippen molar-refractivity contribution < 1.29 is 4.79 Å². The molecule has 1 atom stereocenters. The quantitative estimate of drug-likeness (QED) is 0.802. The summed E-state index contributed by atoms with van der Waals surface area (Å²) in [5, 5.41) is 3.17. The topological polar surface area (TPSA) is 50.2 Å². The van der Waals surface area contributed by atoms with Gasteiger partial charge in [-0.25, -0.2) is 4.98 Å². The van der Waals surface area contributed by atoms with Gasteiger partial charge in [0.15, 0.2) is 0 Å². The number of hydrogen-bond acceptors (Lipinski definition) is 3. The monoisotopic (exact) mass is 236 g/mol. The third-order valence-electron chi connectivity index (χ3n) is 3.27. The summed E-state index contributed by atoms with van der Waals surface area (Å²) in [6.45, 7) is 3.55. The van der Waals surface area contributed by atoms with Gasteiger partial charge in [0.05, 0.1) is 6.33 Å². The summed E-state index contributed by atoms with van der Waals surface area (Å²) in [7, 11) is 1.96. The predicted molar refractivity (Wildman–Crippen MR) is 65.5 cm³/mol. The number of nitrogens with one attached hydrogen (secondary N) is 1.